The highest BCUT2D eigenvalue weighted by Gasteiger charge is 2.15. The monoisotopic (exact) mass is 416 g/mol. The Morgan fingerprint density at radius 2 is 1.83 bits per heavy atom. The molecule has 9 heteroatoms. The zero-order valence-electron chi connectivity index (χ0n) is 15.7. The molecule has 1 atom stereocenters. The standard InChI is InChI=1S/C20H21FN4O3S/c1-15(16-2-6-18(7-3-16)25-13-12-22-14-25)24-20(26)10-11-23-29(27,28)19-8-4-17(21)5-9-19/h2-9,12-15,23H,10-11H2,1H3,(H,24,26). The van der Waals surface area contributed by atoms with Gasteiger partial charge in [-0.05, 0) is 48.9 Å². The number of carbonyl (C=O) groups excluding carboxylic acids is 1. The summed E-state index contributed by atoms with van der Waals surface area (Å²) < 4.78 is 41.4. The number of aromatic nitrogens is 2. The van der Waals surface area contributed by atoms with Crippen LogP contribution in [0.5, 0.6) is 0 Å². The summed E-state index contributed by atoms with van der Waals surface area (Å²) in [4.78, 5) is 16.1. The van der Waals surface area contributed by atoms with Gasteiger partial charge in [-0.15, -0.1) is 0 Å². The average Bonchev–Trinajstić information content (AvgIpc) is 3.23. The van der Waals surface area contributed by atoms with Crippen molar-refractivity contribution in [1.82, 2.24) is 19.6 Å². The van der Waals surface area contributed by atoms with Gasteiger partial charge in [0.1, 0.15) is 5.82 Å². The number of amides is 1. The molecule has 1 heterocycles. The molecule has 0 bridgehead atoms. The van der Waals surface area contributed by atoms with E-state index in [1.807, 2.05) is 42.0 Å². The minimum Gasteiger partial charge on any atom is -0.350 e. The van der Waals surface area contributed by atoms with Crippen molar-refractivity contribution in [2.24, 2.45) is 0 Å². The molecule has 7 nitrogen and oxygen atoms in total. The first-order chi connectivity index (χ1) is 13.8. The second-order valence-corrected chi connectivity index (χ2v) is 8.22. The number of hydrogen-bond donors (Lipinski definition) is 2. The summed E-state index contributed by atoms with van der Waals surface area (Å²) in [5, 5.41) is 2.84. The van der Waals surface area contributed by atoms with Crippen molar-refractivity contribution in [3.8, 4) is 5.69 Å². The van der Waals surface area contributed by atoms with Gasteiger partial charge in [-0.1, -0.05) is 12.1 Å². The molecule has 0 aliphatic heterocycles. The van der Waals surface area contributed by atoms with Crippen LogP contribution in [-0.2, 0) is 14.8 Å². The van der Waals surface area contributed by atoms with E-state index in [0.29, 0.717) is 0 Å². The van der Waals surface area contributed by atoms with Crippen molar-refractivity contribution in [3.05, 3.63) is 78.6 Å². The molecular weight excluding hydrogens is 395 g/mol. The molecule has 3 aromatic rings. The Labute approximate surface area is 168 Å². The second kappa shape index (κ2) is 8.97. The molecule has 1 amide bonds. The maximum Gasteiger partial charge on any atom is 0.240 e. The predicted octanol–water partition coefficient (Wildman–Crippen LogP) is 2.56. The molecule has 0 saturated heterocycles. The van der Waals surface area contributed by atoms with E-state index in [2.05, 4.69) is 15.0 Å². The van der Waals surface area contributed by atoms with Crippen LogP contribution in [0.15, 0.2) is 72.1 Å². The maximum atomic E-state index is 12.9. The lowest BCUT2D eigenvalue weighted by atomic mass is 10.1. The van der Waals surface area contributed by atoms with Crippen LogP contribution >= 0.6 is 0 Å². The normalized spacial score (nSPS) is 12.5. The van der Waals surface area contributed by atoms with Crippen LogP contribution in [0.2, 0.25) is 0 Å². The fourth-order valence-electron chi connectivity index (χ4n) is 2.74. The third kappa shape index (κ3) is 5.49. The van der Waals surface area contributed by atoms with Gasteiger partial charge in [0.05, 0.1) is 17.3 Å². The average molecular weight is 416 g/mol. The van der Waals surface area contributed by atoms with Gasteiger partial charge < -0.3 is 9.88 Å². The van der Waals surface area contributed by atoms with E-state index in [1.165, 1.54) is 12.1 Å². The van der Waals surface area contributed by atoms with Crippen LogP contribution in [0, 0.1) is 5.82 Å². The largest absolute Gasteiger partial charge is 0.350 e. The SMILES string of the molecule is CC(NC(=O)CCNS(=O)(=O)c1ccc(F)cc1)c1ccc(-n2ccnc2)cc1. The molecule has 1 aromatic heterocycles. The second-order valence-electron chi connectivity index (χ2n) is 6.45. The summed E-state index contributed by atoms with van der Waals surface area (Å²) >= 11 is 0. The molecule has 0 radical (unpaired) electrons. The molecule has 0 aliphatic rings. The van der Waals surface area contributed by atoms with Crippen LogP contribution in [0.4, 0.5) is 4.39 Å². The number of halogens is 1. The minimum absolute atomic E-state index is 0.0160. The van der Waals surface area contributed by atoms with Gasteiger partial charge in [-0.2, -0.15) is 0 Å². The van der Waals surface area contributed by atoms with Crippen molar-refractivity contribution < 1.29 is 17.6 Å². The van der Waals surface area contributed by atoms with Crippen molar-refractivity contribution in [2.45, 2.75) is 24.3 Å². The van der Waals surface area contributed by atoms with Gasteiger partial charge in [-0.25, -0.2) is 22.5 Å². The summed E-state index contributed by atoms with van der Waals surface area (Å²) in [5.41, 5.74) is 1.88. The number of hydrogen-bond acceptors (Lipinski definition) is 4. The third-order valence-corrected chi connectivity index (χ3v) is 5.82. The van der Waals surface area contributed by atoms with Gasteiger partial charge in [0, 0.05) is 31.0 Å². The molecule has 152 valence electrons. The Morgan fingerprint density at radius 1 is 1.14 bits per heavy atom. The highest BCUT2D eigenvalue weighted by atomic mass is 32.2. The lowest BCUT2D eigenvalue weighted by Crippen LogP contribution is -2.32. The summed E-state index contributed by atoms with van der Waals surface area (Å²) in [6.07, 6.45) is 5.22. The summed E-state index contributed by atoms with van der Waals surface area (Å²) in [5.74, 6) is -0.798. The Kier molecular flexibility index (Phi) is 6.40. The first kappa shape index (κ1) is 20.7. The van der Waals surface area contributed by atoms with Crippen molar-refractivity contribution in [1.29, 1.82) is 0 Å². The summed E-state index contributed by atoms with van der Waals surface area (Å²) in [6.45, 7) is 1.80. The first-order valence-corrected chi connectivity index (χ1v) is 10.5. The van der Waals surface area contributed by atoms with E-state index in [9.17, 15) is 17.6 Å². The van der Waals surface area contributed by atoms with Gasteiger partial charge in [0.15, 0.2) is 0 Å². The predicted molar refractivity (Wildman–Crippen MR) is 106 cm³/mol. The highest BCUT2D eigenvalue weighted by molar-refractivity contribution is 7.89. The molecule has 2 aromatic carbocycles. The molecule has 1 unspecified atom stereocenters. The van der Waals surface area contributed by atoms with Gasteiger partial charge >= 0.3 is 0 Å². The Morgan fingerprint density at radius 3 is 2.45 bits per heavy atom. The first-order valence-electron chi connectivity index (χ1n) is 8.98. The highest BCUT2D eigenvalue weighted by Crippen LogP contribution is 2.16. The molecule has 0 saturated carbocycles. The Balaban J connectivity index is 1.49. The third-order valence-electron chi connectivity index (χ3n) is 4.34. The van der Waals surface area contributed by atoms with Gasteiger partial charge in [0.25, 0.3) is 0 Å². The maximum absolute atomic E-state index is 12.9. The smallest absolute Gasteiger partial charge is 0.240 e. The molecule has 0 spiro atoms. The van der Waals surface area contributed by atoms with E-state index in [1.54, 1.807) is 12.5 Å². The summed E-state index contributed by atoms with van der Waals surface area (Å²) in [7, 11) is -3.78. The van der Waals surface area contributed by atoms with Gasteiger partial charge in [-0.3, -0.25) is 4.79 Å². The number of nitrogens with zero attached hydrogens (tertiary/aromatic N) is 2. The topological polar surface area (TPSA) is 93.1 Å². The van der Waals surface area contributed by atoms with Crippen LogP contribution in [0.3, 0.4) is 0 Å². The number of benzene rings is 2. The van der Waals surface area contributed by atoms with Crippen LogP contribution in [-0.4, -0.2) is 30.4 Å². The number of carbonyl (C=O) groups is 1. The molecule has 0 aliphatic carbocycles. The number of rotatable bonds is 8. The van der Waals surface area contributed by atoms with E-state index >= 15 is 0 Å². The minimum atomic E-state index is -3.78. The van der Waals surface area contributed by atoms with Crippen molar-refractivity contribution in [3.63, 3.8) is 0 Å². The molecular formula is C20H21FN4O3S. The molecule has 3 rings (SSSR count). The van der Waals surface area contributed by atoms with Crippen LogP contribution in [0.1, 0.15) is 24.9 Å². The molecule has 2 N–H and O–H groups in total. The Hall–Kier alpha value is -3.04. The van der Waals surface area contributed by atoms with E-state index in [4.69, 9.17) is 0 Å². The number of imidazole rings is 1. The van der Waals surface area contributed by atoms with Crippen molar-refractivity contribution >= 4 is 15.9 Å². The lowest BCUT2D eigenvalue weighted by molar-refractivity contribution is -0.121. The number of nitrogens with one attached hydrogen (secondary N) is 2. The van der Waals surface area contributed by atoms with E-state index < -0.39 is 15.8 Å². The lowest BCUT2D eigenvalue weighted by Gasteiger charge is -2.15. The fourth-order valence-corrected chi connectivity index (χ4v) is 3.77. The van der Waals surface area contributed by atoms with E-state index in [-0.39, 0.29) is 29.8 Å². The zero-order chi connectivity index (χ0) is 20.9. The van der Waals surface area contributed by atoms with Crippen LogP contribution in [0.25, 0.3) is 5.69 Å². The Bertz CT molecular complexity index is 1050. The van der Waals surface area contributed by atoms with E-state index in [0.717, 1.165) is 23.4 Å². The van der Waals surface area contributed by atoms with Gasteiger partial charge in [0.2, 0.25) is 15.9 Å². The molecule has 29 heavy (non-hydrogen) atoms. The molecule has 0 fully saturated rings. The summed E-state index contributed by atoms with van der Waals surface area (Å²) in [6, 6.07) is 11.9. The number of sulfonamides is 1. The van der Waals surface area contributed by atoms with Crippen LogP contribution < -0.4 is 10.0 Å². The quantitative estimate of drug-likeness (QED) is 0.590. The fraction of sp³-hybridized carbons (Fsp3) is 0.200. The zero-order valence-corrected chi connectivity index (χ0v) is 16.6. The van der Waals surface area contributed by atoms with Crippen molar-refractivity contribution in [2.75, 3.05) is 6.54 Å².